The van der Waals surface area contributed by atoms with Crippen molar-refractivity contribution in [3.05, 3.63) is 48.7 Å². The van der Waals surface area contributed by atoms with Crippen LogP contribution in [0.4, 0.5) is 5.82 Å². The molecule has 1 aromatic heterocycles. The van der Waals surface area contributed by atoms with Crippen molar-refractivity contribution in [1.82, 2.24) is 4.98 Å². The van der Waals surface area contributed by atoms with Crippen LogP contribution in [0.5, 0.6) is 11.5 Å². The number of ether oxygens (including phenoxy) is 2. The molecule has 0 saturated carbocycles. The van der Waals surface area contributed by atoms with Crippen molar-refractivity contribution in [3.63, 3.8) is 0 Å². The first-order valence-corrected chi connectivity index (χ1v) is 7.23. The van der Waals surface area contributed by atoms with Gasteiger partial charge in [-0.1, -0.05) is 18.2 Å². The van der Waals surface area contributed by atoms with Crippen molar-refractivity contribution in [2.24, 2.45) is 5.92 Å². The Labute approximate surface area is 137 Å². The Kier molecular flexibility index (Phi) is 4.38. The molecule has 2 atom stereocenters. The number of rotatable bonds is 4. The topological polar surface area (TPSA) is 101 Å². The molecule has 0 unspecified atom stereocenters. The van der Waals surface area contributed by atoms with Crippen LogP contribution in [0, 0.1) is 17.2 Å². The number of nitrogens with zero attached hydrogens (tertiary/aromatic N) is 2. The zero-order valence-electron chi connectivity index (χ0n) is 12.5. The van der Waals surface area contributed by atoms with E-state index in [0.717, 1.165) is 0 Å². The summed E-state index contributed by atoms with van der Waals surface area (Å²) in [5, 5.41) is 11.7. The van der Waals surface area contributed by atoms with Crippen molar-refractivity contribution in [1.29, 1.82) is 5.26 Å². The van der Waals surface area contributed by atoms with Crippen LogP contribution in [0.2, 0.25) is 0 Å². The summed E-state index contributed by atoms with van der Waals surface area (Å²) < 4.78 is 11.0. The number of Topliss-reactive ketones (excluding diaryl/α,β-unsaturated/α-hetero) is 1. The van der Waals surface area contributed by atoms with Crippen molar-refractivity contribution in [3.8, 4) is 17.6 Å². The summed E-state index contributed by atoms with van der Waals surface area (Å²) in [7, 11) is 0. The van der Waals surface area contributed by atoms with E-state index in [4.69, 9.17) is 9.47 Å². The fourth-order valence-corrected chi connectivity index (χ4v) is 2.23. The molecule has 2 aromatic rings. The van der Waals surface area contributed by atoms with Crippen molar-refractivity contribution in [2.45, 2.75) is 6.10 Å². The lowest BCUT2D eigenvalue weighted by molar-refractivity contribution is -0.135. The first-order valence-electron chi connectivity index (χ1n) is 7.23. The van der Waals surface area contributed by atoms with E-state index in [-0.39, 0.29) is 12.4 Å². The summed E-state index contributed by atoms with van der Waals surface area (Å²) in [5.74, 6) is -1.71. The largest absolute Gasteiger partial charge is 0.485 e. The third-order valence-corrected chi connectivity index (χ3v) is 3.42. The Morgan fingerprint density at radius 2 is 1.96 bits per heavy atom. The second-order valence-electron chi connectivity index (χ2n) is 5.03. The number of hydrogen-bond donors (Lipinski definition) is 1. The average molecular weight is 323 g/mol. The molecule has 0 spiro atoms. The fraction of sp³-hybridized carbons (Fsp3) is 0.176. The maximum Gasteiger partial charge on any atom is 0.250 e. The van der Waals surface area contributed by atoms with Crippen molar-refractivity contribution >= 4 is 17.5 Å². The van der Waals surface area contributed by atoms with E-state index in [0.29, 0.717) is 11.5 Å². The number of aromatic nitrogens is 1. The third-order valence-electron chi connectivity index (χ3n) is 3.42. The molecule has 7 heteroatoms. The summed E-state index contributed by atoms with van der Waals surface area (Å²) in [5.41, 5.74) is 0. The zero-order valence-corrected chi connectivity index (χ0v) is 12.5. The maximum absolute atomic E-state index is 12.5. The van der Waals surface area contributed by atoms with Crippen LogP contribution in [0.3, 0.4) is 0 Å². The van der Waals surface area contributed by atoms with Crippen LogP contribution in [0.25, 0.3) is 0 Å². The van der Waals surface area contributed by atoms with E-state index in [2.05, 4.69) is 10.3 Å². The molecule has 0 fully saturated rings. The molecule has 120 valence electrons. The normalized spacial score (nSPS) is 16.5. The second-order valence-corrected chi connectivity index (χ2v) is 5.03. The maximum atomic E-state index is 12.5. The van der Waals surface area contributed by atoms with Crippen molar-refractivity contribution < 1.29 is 19.1 Å². The van der Waals surface area contributed by atoms with Gasteiger partial charge in [-0.25, -0.2) is 4.98 Å². The number of carbonyl (C=O) groups is 2. The van der Waals surface area contributed by atoms with Gasteiger partial charge < -0.3 is 14.8 Å². The van der Waals surface area contributed by atoms with E-state index in [9.17, 15) is 14.9 Å². The Morgan fingerprint density at radius 3 is 2.67 bits per heavy atom. The first-order chi connectivity index (χ1) is 11.7. The highest BCUT2D eigenvalue weighted by atomic mass is 16.6. The number of carbonyl (C=O) groups excluding carboxylic acids is 2. The number of fused-ring (bicyclic) bond motifs is 1. The Balaban J connectivity index is 1.71. The number of pyridine rings is 1. The molecule has 0 aliphatic carbocycles. The summed E-state index contributed by atoms with van der Waals surface area (Å²) in [6.45, 7) is -0.0507. The van der Waals surface area contributed by atoms with Crippen LogP contribution in [0.1, 0.15) is 0 Å². The SMILES string of the molecule is N#C[C@H](C(=O)Nc1ccccn1)C(=O)[C@@H]1COc2ccccc2O1. The number of benzene rings is 1. The van der Waals surface area contributed by atoms with Gasteiger partial charge in [0.05, 0.1) is 6.07 Å². The Morgan fingerprint density at radius 1 is 1.21 bits per heavy atom. The molecule has 0 saturated heterocycles. The van der Waals surface area contributed by atoms with Gasteiger partial charge in [-0.3, -0.25) is 9.59 Å². The van der Waals surface area contributed by atoms with Crippen LogP contribution < -0.4 is 14.8 Å². The molecular formula is C17H13N3O4. The van der Waals surface area contributed by atoms with Gasteiger partial charge in [-0.05, 0) is 24.3 Å². The average Bonchev–Trinajstić information content (AvgIpc) is 2.62. The Bertz CT molecular complexity index is 801. The van der Waals surface area contributed by atoms with Gasteiger partial charge in [0.2, 0.25) is 5.78 Å². The molecular weight excluding hydrogens is 310 g/mol. The molecule has 2 heterocycles. The molecule has 7 nitrogen and oxygen atoms in total. The summed E-state index contributed by atoms with van der Waals surface area (Å²) in [4.78, 5) is 28.6. The van der Waals surface area contributed by atoms with E-state index in [1.165, 1.54) is 6.20 Å². The number of ketones is 1. The highest BCUT2D eigenvalue weighted by Gasteiger charge is 2.36. The second kappa shape index (κ2) is 6.79. The van der Waals surface area contributed by atoms with E-state index < -0.39 is 23.7 Å². The first kappa shape index (κ1) is 15.5. The van der Waals surface area contributed by atoms with Gasteiger partial charge in [-0.15, -0.1) is 0 Å². The quantitative estimate of drug-likeness (QED) is 0.857. The predicted octanol–water partition coefficient (Wildman–Crippen LogP) is 1.57. The number of hydrogen-bond acceptors (Lipinski definition) is 6. The van der Waals surface area contributed by atoms with E-state index in [1.54, 1.807) is 48.5 Å². The highest BCUT2D eigenvalue weighted by Crippen LogP contribution is 2.31. The minimum absolute atomic E-state index is 0.0507. The summed E-state index contributed by atoms with van der Waals surface area (Å²) in [6, 6.07) is 13.5. The van der Waals surface area contributed by atoms with Crippen LogP contribution in [-0.2, 0) is 9.59 Å². The minimum atomic E-state index is -1.51. The minimum Gasteiger partial charge on any atom is -0.485 e. The lowest BCUT2D eigenvalue weighted by Crippen LogP contribution is -2.43. The van der Waals surface area contributed by atoms with Crippen molar-refractivity contribution in [2.75, 3.05) is 11.9 Å². The molecule has 1 aliphatic rings. The molecule has 1 aromatic carbocycles. The molecule has 1 aliphatic heterocycles. The molecule has 3 rings (SSSR count). The van der Waals surface area contributed by atoms with Gasteiger partial charge in [0.1, 0.15) is 12.4 Å². The number of para-hydroxylation sites is 2. The van der Waals surface area contributed by atoms with Gasteiger partial charge in [0.25, 0.3) is 5.91 Å². The summed E-state index contributed by atoms with van der Waals surface area (Å²) >= 11 is 0. The van der Waals surface area contributed by atoms with E-state index >= 15 is 0 Å². The standard InChI is InChI=1S/C17H13N3O4/c18-9-11(17(22)20-15-7-3-4-8-19-15)16(21)14-10-23-12-5-1-2-6-13(12)24-14/h1-8,11,14H,10H2,(H,19,20,22)/t11-,14-/m0/s1. The van der Waals surface area contributed by atoms with Gasteiger partial charge in [0, 0.05) is 6.20 Å². The van der Waals surface area contributed by atoms with E-state index in [1.807, 2.05) is 0 Å². The number of nitriles is 1. The summed E-state index contributed by atoms with van der Waals surface area (Å²) in [6.07, 6.45) is 0.479. The fourth-order valence-electron chi connectivity index (χ4n) is 2.23. The molecule has 1 amide bonds. The van der Waals surface area contributed by atoms with Crippen LogP contribution >= 0.6 is 0 Å². The molecule has 0 bridgehead atoms. The lowest BCUT2D eigenvalue weighted by atomic mass is 10.00. The highest BCUT2D eigenvalue weighted by molar-refractivity contribution is 6.10. The molecule has 1 N–H and O–H groups in total. The number of anilines is 1. The van der Waals surface area contributed by atoms with Crippen LogP contribution in [-0.4, -0.2) is 29.4 Å². The predicted molar refractivity (Wildman–Crippen MR) is 83.3 cm³/mol. The zero-order chi connectivity index (χ0) is 16.9. The molecule has 0 radical (unpaired) electrons. The third kappa shape index (κ3) is 3.17. The number of nitrogens with one attached hydrogen (secondary N) is 1. The monoisotopic (exact) mass is 323 g/mol. The van der Waals surface area contributed by atoms with Gasteiger partial charge >= 0.3 is 0 Å². The van der Waals surface area contributed by atoms with Gasteiger partial charge in [0.15, 0.2) is 23.5 Å². The Hall–Kier alpha value is -3.40. The van der Waals surface area contributed by atoms with Gasteiger partial charge in [-0.2, -0.15) is 5.26 Å². The lowest BCUT2D eigenvalue weighted by Gasteiger charge is -2.26. The molecule has 24 heavy (non-hydrogen) atoms. The van der Waals surface area contributed by atoms with Crippen LogP contribution in [0.15, 0.2) is 48.7 Å². The smallest absolute Gasteiger partial charge is 0.250 e. The number of amides is 1.